The number of rotatable bonds is 1. The highest BCUT2D eigenvalue weighted by atomic mass is 19.1. The molecule has 0 spiro atoms. The maximum Gasteiger partial charge on any atom is 0.225 e. The van der Waals surface area contributed by atoms with Crippen LogP contribution in [0.4, 0.5) is 16.3 Å². The van der Waals surface area contributed by atoms with Crippen molar-refractivity contribution in [2.45, 2.75) is 0 Å². The zero-order valence-corrected chi connectivity index (χ0v) is 7.68. The van der Waals surface area contributed by atoms with Gasteiger partial charge in [-0.15, -0.1) is 0 Å². The molecule has 0 radical (unpaired) electrons. The molecule has 0 fully saturated rings. The van der Waals surface area contributed by atoms with Gasteiger partial charge in [-0.1, -0.05) is 12.1 Å². The Hall–Kier alpha value is -2.24. The van der Waals surface area contributed by atoms with E-state index in [2.05, 4.69) is 15.0 Å². The van der Waals surface area contributed by atoms with E-state index in [0.717, 1.165) is 0 Å². The lowest BCUT2D eigenvalue weighted by atomic mass is 10.2. The fraction of sp³-hybridized carbons (Fsp3) is 0. The number of nitrogens with two attached hydrogens (primary N) is 2. The molecule has 0 unspecified atom stereocenters. The molecule has 4 N–H and O–H groups in total. The first-order valence-corrected chi connectivity index (χ1v) is 4.19. The number of hydrogen-bond acceptors (Lipinski definition) is 5. The van der Waals surface area contributed by atoms with Gasteiger partial charge in [0, 0.05) is 0 Å². The minimum atomic E-state index is -0.428. The van der Waals surface area contributed by atoms with Crippen LogP contribution >= 0.6 is 0 Å². The smallest absolute Gasteiger partial charge is 0.225 e. The molecule has 15 heavy (non-hydrogen) atoms. The lowest BCUT2D eigenvalue weighted by molar-refractivity contribution is 0.630. The van der Waals surface area contributed by atoms with Crippen molar-refractivity contribution in [2.75, 3.05) is 11.5 Å². The van der Waals surface area contributed by atoms with Crippen molar-refractivity contribution in [2.24, 2.45) is 0 Å². The van der Waals surface area contributed by atoms with Crippen molar-refractivity contribution in [1.82, 2.24) is 15.0 Å². The molecule has 76 valence electrons. The van der Waals surface area contributed by atoms with E-state index in [0.29, 0.717) is 0 Å². The average Bonchev–Trinajstić information content (AvgIpc) is 2.16. The summed E-state index contributed by atoms with van der Waals surface area (Å²) in [6.07, 6.45) is 0. The first kappa shape index (κ1) is 9.32. The summed E-state index contributed by atoms with van der Waals surface area (Å²) < 4.78 is 13.4. The molecule has 0 bridgehead atoms. The summed E-state index contributed by atoms with van der Waals surface area (Å²) in [7, 11) is 0. The van der Waals surface area contributed by atoms with Gasteiger partial charge in [-0.25, -0.2) is 4.39 Å². The molecule has 0 aliphatic heterocycles. The normalized spacial score (nSPS) is 10.2. The Labute approximate surface area is 85.0 Å². The largest absolute Gasteiger partial charge is 0.368 e. The molecule has 5 nitrogen and oxygen atoms in total. The second kappa shape index (κ2) is 3.49. The van der Waals surface area contributed by atoms with Gasteiger partial charge < -0.3 is 11.5 Å². The topological polar surface area (TPSA) is 90.7 Å². The number of aromatic nitrogens is 3. The van der Waals surface area contributed by atoms with E-state index in [1.54, 1.807) is 18.2 Å². The van der Waals surface area contributed by atoms with E-state index in [1.165, 1.54) is 6.07 Å². The molecule has 2 aromatic rings. The van der Waals surface area contributed by atoms with E-state index in [1.807, 2.05) is 0 Å². The summed E-state index contributed by atoms with van der Waals surface area (Å²) in [5.74, 6) is -0.345. The van der Waals surface area contributed by atoms with Gasteiger partial charge in [0.05, 0.1) is 5.56 Å². The summed E-state index contributed by atoms with van der Waals surface area (Å²) in [5.41, 5.74) is 11.0. The van der Waals surface area contributed by atoms with Crippen LogP contribution in [0.25, 0.3) is 11.4 Å². The summed E-state index contributed by atoms with van der Waals surface area (Å²) in [5, 5.41) is 0. The van der Waals surface area contributed by atoms with E-state index >= 15 is 0 Å². The van der Waals surface area contributed by atoms with Crippen LogP contribution in [0.1, 0.15) is 0 Å². The van der Waals surface area contributed by atoms with E-state index < -0.39 is 5.82 Å². The number of hydrogen-bond donors (Lipinski definition) is 2. The van der Waals surface area contributed by atoms with Crippen molar-refractivity contribution in [3.8, 4) is 11.4 Å². The van der Waals surface area contributed by atoms with E-state index in [-0.39, 0.29) is 23.3 Å². The molecular formula is C9H8FN5. The fourth-order valence-corrected chi connectivity index (χ4v) is 1.17. The van der Waals surface area contributed by atoms with Crippen molar-refractivity contribution in [1.29, 1.82) is 0 Å². The first-order valence-electron chi connectivity index (χ1n) is 4.19. The molecule has 1 aromatic carbocycles. The third kappa shape index (κ3) is 1.83. The Kier molecular flexibility index (Phi) is 2.17. The van der Waals surface area contributed by atoms with Crippen LogP contribution in [0, 0.1) is 5.82 Å². The van der Waals surface area contributed by atoms with Crippen LogP contribution in [0.5, 0.6) is 0 Å². The molecule has 1 heterocycles. The summed E-state index contributed by atoms with van der Waals surface area (Å²) in [4.78, 5) is 11.2. The third-order valence-electron chi connectivity index (χ3n) is 1.78. The lowest BCUT2D eigenvalue weighted by Crippen LogP contribution is -2.04. The van der Waals surface area contributed by atoms with Crippen molar-refractivity contribution >= 4 is 11.9 Å². The van der Waals surface area contributed by atoms with Crippen LogP contribution in [-0.2, 0) is 0 Å². The third-order valence-corrected chi connectivity index (χ3v) is 1.78. The monoisotopic (exact) mass is 205 g/mol. The Morgan fingerprint density at radius 2 is 1.53 bits per heavy atom. The zero-order chi connectivity index (χ0) is 10.8. The molecule has 2 rings (SSSR count). The van der Waals surface area contributed by atoms with Gasteiger partial charge in [-0.2, -0.15) is 15.0 Å². The zero-order valence-electron chi connectivity index (χ0n) is 7.68. The molecule has 0 saturated carbocycles. The molecule has 1 aromatic heterocycles. The quantitative estimate of drug-likeness (QED) is 0.719. The maximum absolute atomic E-state index is 13.4. The highest BCUT2D eigenvalue weighted by molar-refractivity contribution is 5.57. The number of anilines is 2. The standard InChI is InChI=1S/C9H8FN5/c10-6-4-2-1-3-5(6)7-13-8(11)15-9(12)14-7/h1-4H,(H4,11,12,13,14,15). The number of nitrogens with zero attached hydrogens (tertiary/aromatic N) is 3. The van der Waals surface area contributed by atoms with Gasteiger partial charge in [0.1, 0.15) is 5.82 Å². The lowest BCUT2D eigenvalue weighted by Gasteiger charge is -2.02. The van der Waals surface area contributed by atoms with Gasteiger partial charge in [0.2, 0.25) is 11.9 Å². The van der Waals surface area contributed by atoms with E-state index in [9.17, 15) is 4.39 Å². The minimum absolute atomic E-state index is 0.0271. The van der Waals surface area contributed by atoms with E-state index in [4.69, 9.17) is 11.5 Å². The molecule has 6 heteroatoms. The first-order chi connectivity index (χ1) is 7.16. The molecule has 0 saturated heterocycles. The Morgan fingerprint density at radius 1 is 0.933 bits per heavy atom. The average molecular weight is 205 g/mol. The predicted octanol–water partition coefficient (Wildman–Crippen LogP) is 0.842. The molecule has 0 aliphatic carbocycles. The fourth-order valence-electron chi connectivity index (χ4n) is 1.17. The summed E-state index contributed by atoms with van der Waals surface area (Å²) in [6, 6.07) is 6.11. The van der Waals surface area contributed by atoms with Gasteiger partial charge in [-0.05, 0) is 12.1 Å². The van der Waals surface area contributed by atoms with Crippen molar-refractivity contribution in [3.63, 3.8) is 0 Å². The molecule has 0 aliphatic rings. The highest BCUT2D eigenvalue weighted by Crippen LogP contribution is 2.19. The maximum atomic E-state index is 13.4. The highest BCUT2D eigenvalue weighted by Gasteiger charge is 2.08. The van der Waals surface area contributed by atoms with Crippen molar-refractivity contribution in [3.05, 3.63) is 30.1 Å². The van der Waals surface area contributed by atoms with Gasteiger partial charge in [0.25, 0.3) is 0 Å². The minimum Gasteiger partial charge on any atom is -0.368 e. The number of nitrogen functional groups attached to an aromatic ring is 2. The van der Waals surface area contributed by atoms with Crippen LogP contribution in [0.2, 0.25) is 0 Å². The summed E-state index contributed by atoms with van der Waals surface area (Å²) in [6.45, 7) is 0. The van der Waals surface area contributed by atoms with Gasteiger partial charge in [-0.3, -0.25) is 0 Å². The van der Waals surface area contributed by atoms with Crippen LogP contribution < -0.4 is 11.5 Å². The Bertz CT molecular complexity index is 479. The van der Waals surface area contributed by atoms with Crippen LogP contribution in [0.15, 0.2) is 24.3 Å². The van der Waals surface area contributed by atoms with Crippen molar-refractivity contribution < 1.29 is 4.39 Å². The predicted molar refractivity (Wildman–Crippen MR) is 54.0 cm³/mol. The second-order valence-electron chi connectivity index (χ2n) is 2.86. The van der Waals surface area contributed by atoms with Crippen LogP contribution in [-0.4, -0.2) is 15.0 Å². The summed E-state index contributed by atoms with van der Waals surface area (Å²) >= 11 is 0. The molecular weight excluding hydrogens is 197 g/mol. The number of benzene rings is 1. The Balaban J connectivity index is 2.59. The molecule has 0 atom stereocenters. The number of halogens is 1. The second-order valence-corrected chi connectivity index (χ2v) is 2.86. The van der Waals surface area contributed by atoms with Gasteiger partial charge >= 0.3 is 0 Å². The van der Waals surface area contributed by atoms with Gasteiger partial charge in [0.15, 0.2) is 5.82 Å². The molecule has 0 amide bonds. The Morgan fingerprint density at radius 3 is 2.13 bits per heavy atom. The SMILES string of the molecule is Nc1nc(N)nc(-c2ccccc2F)n1. The van der Waals surface area contributed by atoms with Crippen LogP contribution in [0.3, 0.4) is 0 Å².